The average Bonchev–Trinajstić information content (AvgIpc) is 2.61. The molecule has 152 valence electrons. The minimum Gasteiger partial charge on any atom is -0.488 e. The van der Waals surface area contributed by atoms with Gasteiger partial charge in [-0.05, 0) is 48.9 Å². The summed E-state index contributed by atoms with van der Waals surface area (Å²) in [5.41, 5.74) is 12.9. The van der Waals surface area contributed by atoms with Crippen molar-refractivity contribution in [3.8, 4) is 5.75 Å². The molecular formula is C23H34N4O. The molecule has 0 aliphatic heterocycles. The molecule has 0 unspecified atom stereocenters. The van der Waals surface area contributed by atoms with Crippen LogP contribution in [0.5, 0.6) is 5.75 Å². The minimum absolute atomic E-state index is 0.0231. The van der Waals surface area contributed by atoms with Crippen molar-refractivity contribution in [3.63, 3.8) is 0 Å². The Hall–Kier alpha value is -2.53. The molecule has 0 aliphatic rings. The SMILES string of the molecule is CC(C)(CC(C)(C)c1ccccc1)Oc1cccc(CNCCN=C(N)N)c1. The van der Waals surface area contributed by atoms with E-state index in [1.54, 1.807) is 0 Å². The third-order valence-corrected chi connectivity index (χ3v) is 4.63. The van der Waals surface area contributed by atoms with E-state index < -0.39 is 0 Å². The summed E-state index contributed by atoms with van der Waals surface area (Å²) in [4.78, 5) is 3.97. The Morgan fingerprint density at radius 2 is 1.71 bits per heavy atom. The molecule has 0 aliphatic carbocycles. The summed E-state index contributed by atoms with van der Waals surface area (Å²) in [6.45, 7) is 10.9. The Balaban J connectivity index is 1.95. The van der Waals surface area contributed by atoms with E-state index in [0.29, 0.717) is 6.54 Å². The van der Waals surface area contributed by atoms with Crippen molar-refractivity contribution in [1.82, 2.24) is 5.32 Å². The van der Waals surface area contributed by atoms with E-state index in [1.807, 2.05) is 12.1 Å². The van der Waals surface area contributed by atoms with Crippen molar-refractivity contribution >= 4 is 5.96 Å². The summed E-state index contributed by atoms with van der Waals surface area (Å²) in [6.07, 6.45) is 0.908. The molecule has 5 N–H and O–H groups in total. The number of hydrogen-bond acceptors (Lipinski definition) is 3. The second kappa shape index (κ2) is 9.60. The number of guanidine groups is 1. The van der Waals surface area contributed by atoms with Crippen molar-refractivity contribution in [3.05, 3.63) is 65.7 Å². The van der Waals surface area contributed by atoms with Crippen molar-refractivity contribution in [2.45, 2.75) is 51.7 Å². The number of benzene rings is 2. The van der Waals surface area contributed by atoms with Crippen LogP contribution in [-0.2, 0) is 12.0 Å². The van der Waals surface area contributed by atoms with Gasteiger partial charge >= 0.3 is 0 Å². The summed E-state index contributed by atoms with van der Waals surface area (Å²) in [5.74, 6) is 1.01. The number of ether oxygens (including phenoxy) is 1. The van der Waals surface area contributed by atoms with Crippen LogP contribution in [0.25, 0.3) is 0 Å². The fourth-order valence-corrected chi connectivity index (χ4v) is 3.63. The number of nitrogens with two attached hydrogens (primary N) is 2. The largest absolute Gasteiger partial charge is 0.488 e. The molecule has 0 heterocycles. The van der Waals surface area contributed by atoms with Gasteiger partial charge in [0.1, 0.15) is 11.4 Å². The van der Waals surface area contributed by atoms with Crippen molar-refractivity contribution in [2.75, 3.05) is 13.1 Å². The van der Waals surface area contributed by atoms with E-state index in [4.69, 9.17) is 16.2 Å². The highest BCUT2D eigenvalue weighted by molar-refractivity contribution is 5.75. The molecular weight excluding hydrogens is 348 g/mol. The summed E-state index contributed by atoms with van der Waals surface area (Å²) in [6, 6.07) is 18.8. The van der Waals surface area contributed by atoms with Crippen LogP contribution in [0.3, 0.4) is 0 Å². The Bertz CT molecular complexity index is 765. The summed E-state index contributed by atoms with van der Waals surface area (Å²) in [5, 5.41) is 3.33. The monoisotopic (exact) mass is 382 g/mol. The minimum atomic E-state index is -0.293. The fourth-order valence-electron chi connectivity index (χ4n) is 3.63. The van der Waals surface area contributed by atoms with Crippen LogP contribution in [0.4, 0.5) is 0 Å². The second-order valence-corrected chi connectivity index (χ2v) is 8.42. The van der Waals surface area contributed by atoms with Gasteiger partial charge in [0.15, 0.2) is 5.96 Å². The maximum absolute atomic E-state index is 6.38. The Kier molecular flexibility index (Phi) is 7.46. The van der Waals surface area contributed by atoms with Crippen LogP contribution >= 0.6 is 0 Å². The zero-order chi connectivity index (χ0) is 20.6. The molecule has 0 bridgehead atoms. The van der Waals surface area contributed by atoms with E-state index in [0.717, 1.165) is 25.3 Å². The van der Waals surface area contributed by atoms with Crippen LogP contribution in [0, 0.1) is 0 Å². The molecule has 0 radical (unpaired) electrons. The lowest BCUT2D eigenvalue weighted by Gasteiger charge is -2.36. The number of hydrogen-bond donors (Lipinski definition) is 3. The highest BCUT2D eigenvalue weighted by atomic mass is 16.5. The van der Waals surface area contributed by atoms with Gasteiger partial charge in [0.05, 0.1) is 6.54 Å². The van der Waals surface area contributed by atoms with Gasteiger partial charge in [-0.3, -0.25) is 4.99 Å². The topological polar surface area (TPSA) is 85.7 Å². The first-order valence-corrected chi connectivity index (χ1v) is 9.78. The highest BCUT2D eigenvalue weighted by Gasteiger charge is 2.31. The smallest absolute Gasteiger partial charge is 0.185 e. The second-order valence-electron chi connectivity index (χ2n) is 8.42. The van der Waals surface area contributed by atoms with Gasteiger partial charge in [0.2, 0.25) is 0 Å². The van der Waals surface area contributed by atoms with E-state index in [2.05, 4.69) is 80.5 Å². The Morgan fingerprint density at radius 3 is 2.39 bits per heavy atom. The first-order chi connectivity index (χ1) is 13.2. The van der Waals surface area contributed by atoms with Crippen molar-refractivity contribution < 1.29 is 4.74 Å². The summed E-state index contributed by atoms with van der Waals surface area (Å²) >= 11 is 0. The van der Waals surface area contributed by atoms with Crippen LogP contribution in [0.15, 0.2) is 59.6 Å². The molecule has 0 aromatic heterocycles. The molecule has 2 aromatic rings. The van der Waals surface area contributed by atoms with Crippen LogP contribution < -0.4 is 21.5 Å². The van der Waals surface area contributed by atoms with Crippen LogP contribution in [0.2, 0.25) is 0 Å². The van der Waals surface area contributed by atoms with Crippen LogP contribution in [-0.4, -0.2) is 24.7 Å². The van der Waals surface area contributed by atoms with Gasteiger partial charge in [0.25, 0.3) is 0 Å². The Labute approximate surface area is 169 Å². The zero-order valence-electron chi connectivity index (χ0n) is 17.5. The average molecular weight is 383 g/mol. The van der Waals surface area contributed by atoms with Crippen LogP contribution in [0.1, 0.15) is 45.2 Å². The van der Waals surface area contributed by atoms with E-state index in [9.17, 15) is 0 Å². The lowest BCUT2D eigenvalue weighted by atomic mass is 9.76. The lowest BCUT2D eigenvalue weighted by Crippen LogP contribution is -2.36. The van der Waals surface area contributed by atoms with E-state index in [1.165, 1.54) is 11.1 Å². The van der Waals surface area contributed by atoms with E-state index >= 15 is 0 Å². The molecule has 28 heavy (non-hydrogen) atoms. The normalized spacial score (nSPS) is 11.9. The predicted octanol–water partition coefficient (Wildman–Crippen LogP) is 3.57. The zero-order valence-corrected chi connectivity index (χ0v) is 17.5. The first-order valence-electron chi connectivity index (χ1n) is 9.78. The molecule has 5 heteroatoms. The molecule has 5 nitrogen and oxygen atoms in total. The molecule has 0 saturated heterocycles. The standard InChI is InChI=1S/C23H34N4O/c1-22(2,19-10-6-5-7-11-19)17-23(3,4)28-20-12-8-9-18(15-20)16-26-13-14-27-21(24)25/h5-12,15,26H,13-14,16-17H2,1-4H3,(H4,24,25,27). The van der Waals surface area contributed by atoms with Gasteiger partial charge in [-0.15, -0.1) is 0 Å². The fraction of sp³-hybridized carbons (Fsp3) is 0.435. The number of nitrogens with one attached hydrogen (secondary N) is 1. The number of rotatable bonds is 10. The third kappa shape index (κ3) is 7.24. The molecule has 0 fully saturated rings. The lowest BCUT2D eigenvalue weighted by molar-refractivity contribution is 0.0765. The summed E-state index contributed by atoms with van der Waals surface area (Å²) < 4.78 is 6.38. The molecule has 2 rings (SSSR count). The highest BCUT2D eigenvalue weighted by Crippen LogP contribution is 2.34. The maximum Gasteiger partial charge on any atom is 0.185 e. The number of nitrogens with zero attached hydrogens (tertiary/aromatic N) is 1. The molecule has 2 aromatic carbocycles. The molecule has 0 atom stereocenters. The van der Waals surface area contributed by atoms with Gasteiger partial charge in [0, 0.05) is 13.1 Å². The third-order valence-electron chi connectivity index (χ3n) is 4.63. The van der Waals surface area contributed by atoms with Gasteiger partial charge in [-0.2, -0.15) is 0 Å². The van der Waals surface area contributed by atoms with E-state index in [-0.39, 0.29) is 17.0 Å². The molecule has 0 spiro atoms. The van der Waals surface area contributed by atoms with Crippen molar-refractivity contribution in [2.24, 2.45) is 16.5 Å². The quantitative estimate of drug-likeness (QED) is 0.333. The van der Waals surface area contributed by atoms with Gasteiger partial charge in [-0.1, -0.05) is 56.3 Å². The predicted molar refractivity (Wildman–Crippen MR) is 118 cm³/mol. The summed E-state index contributed by atoms with van der Waals surface area (Å²) in [7, 11) is 0. The van der Waals surface area contributed by atoms with Gasteiger partial charge in [-0.25, -0.2) is 0 Å². The molecule has 0 saturated carbocycles. The maximum atomic E-state index is 6.38. The van der Waals surface area contributed by atoms with Crippen molar-refractivity contribution in [1.29, 1.82) is 0 Å². The first kappa shape index (κ1) is 21.8. The number of aliphatic imine (C=N–C) groups is 1. The Morgan fingerprint density at radius 1 is 1.00 bits per heavy atom. The van der Waals surface area contributed by atoms with Gasteiger partial charge < -0.3 is 21.5 Å². The molecule has 0 amide bonds.